The van der Waals surface area contributed by atoms with Crippen LogP contribution in [0.4, 0.5) is 5.82 Å². The molecule has 1 saturated heterocycles. The van der Waals surface area contributed by atoms with E-state index in [-0.39, 0.29) is 0 Å². The first kappa shape index (κ1) is 15.2. The van der Waals surface area contributed by atoms with Crippen LogP contribution in [0, 0.1) is 0 Å². The molecule has 2 heterocycles. The molecule has 2 aromatic rings. The van der Waals surface area contributed by atoms with Crippen molar-refractivity contribution in [2.75, 3.05) is 29.6 Å². The first-order valence-electron chi connectivity index (χ1n) is 6.79. The van der Waals surface area contributed by atoms with Gasteiger partial charge in [0.05, 0.1) is 15.4 Å². The summed E-state index contributed by atoms with van der Waals surface area (Å²) in [7, 11) is 1.90. The molecule has 110 valence electrons. The standard InChI is InChI=1S/C15H16BrN3S2/c1-17-15-12(16)13(10-5-3-2-4-6-10)18-14(19-15)11-9-20-7-8-21-11/h2-6,11H,7-9H2,1H3,(H,17,18,19). The van der Waals surface area contributed by atoms with E-state index < -0.39 is 0 Å². The number of aromatic nitrogens is 2. The molecule has 1 unspecified atom stereocenters. The molecule has 3 rings (SSSR count). The molecule has 0 aliphatic carbocycles. The fraction of sp³-hybridized carbons (Fsp3) is 0.333. The van der Waals surface area contributed by atoms with Crippen LogP contribution >= 0.6 is 39.5 Å². The zero-order valence-electron chi connectivity index (χ0n) is 11.7. The molecule has 21 heavy (non-hydrogen) atoms. The third-order valence-corrected chi connectivity index (χ3v) is 6.76. The Kier molecular flexibility index (Phi) is 5.08. The van der Waals surface area contributed by atoms with Crippen molar-refractivity contribution in [1.29, 1.82) is 0 Å². The molecule has 6 heteroatoms. The van der Waals surface area contributed by atoms with Crippen molar-refractivity contribution in [3.8, 4) is 11.3 Å². The van der Waals surface area contributed by atoms with Gasteiger partial charge >= 0.3 is 0 Å². The Morgan fingerprint density at radius 2 is 2.00 bits per heavy atom. The van der Waals surface area contributed by atoms with Crippen LogP contribution in [0.15, 0.2) is 34.8 Å². The molecule has 0 radical (unpaired) electrons. The monoisotopic (exact) mass is 381 g/mol. The van der Waals surface area contributed by atoms with Crippen LogP contribution in [-0.2, 0) is 0 Å². The van der Waals surface area contributed by atoms with E-state index in [1.54, 1.807) is 0 Å². The highest BCUT2D eigenvalue weighted by Crippen LogP contribution is 2.38. The molecule has 3 nitrogen and oxygen atoms in total. The molecule has 0 saturated carbocycles. The van der Waals surface area contributed by atoms with Gasteiger partial charge in [0.15, 0.2) is 0 Å². The Morgan fingerprint density at radius 1 is 1.19 bits per heavy atom. The molecule has 1 aliphatic rings. The highest BCUT2D eigenvalue weighted by molar-refractivity contribution is 9.10. The third-order valence-electron chi connectivity index (χ3n) is 3.26. The van der Waals surface area contributed by atoms with Gasteiger partial charge in [-0.3, -0.25) is 0 Å². The Bertz CT molecular complexity index is 616. The lowest BCUT2D eigenvalue weighted by Gasteiger charge is -2.21. The van der Waals surface area contributed by atoms with Crippen molar-refractivity contribution >= 4 is 45.3 Å². The van der Waals surface area contributed by atoms with Crippen molar-refractivity contribution in [2.24, 2.45) is 0 Å². The van der Waals surface area contributed by atoms with Gasteiger partial charge < -0.3 is 5.32 Å². The molecule has 1 atom stereocenters. The number of benzene rings is 1. The summed E-state index contributed by atoms with van der Waals surface area (Å²) in [4.78, 5) is 9.54. The number of nitrogens with one attached hydrogen (secondary N) is 1. The molecule has 1 N–H and O–H groups in total. The van der Waals surface area contributed by atoms with Gasteiger partial charge in [0.1, 0.15) is 11.6 Å². The summed E-state index contributed by atoms with van der Waals surface area (Å²) in [5, 5.41) is 3.55. The Balaban J connectivity index is 2.06. The minimum atomic E-state index is 0.381. The van der Waals surface area contributed by atoms with Crippen molar-refractivity contribution in [3.63, 3.8) is 0 Å². The average Bonchev–Trinajstić information content (AvgIpc) is 2.56. The average molecular weight is 382 g/mol. The summed E-state index contributed by atoms with van der Waals surface area (Å²) in [5.41, 5.74) is 2.07. The van der Waals surface area contributed by atoms with E-state index in [0.29, 0.717) is 5.25 Å². The molecule has 0 spiro atoms. The zero-order chi connectivity index (χ0) is 14.7. The Hall–Kier alpha value is -0.720. The molecule has 1 aromatic heterocycles. The van der Waals surface area contributed by atoms with Gasteiger partial charge in [-0.05, 0) is 15.9 Å². The summed E-state index contributed by atoms with van der Waals surface area (Å²) in [6.07, 6.45) is 0. The fourth-order valence-corrected chi connectivity index (χ4v) is 5.40. The van der Waals surface area contributed by atoms with Gasteiger partial charge in [0.2, 0.25) is 0 Å². The number of hydrogen-bond acceptors (Lipinski definition) is 5. The number of halogens is 1. The molecule has 1 aromatic carbocycles. The number of rotatable bonds is 3. The van der Waals surface area contributed by atoms with Gasteiger partial charge in [-0.25, -0.2) is 9.97 Å². The minimum absolute atomic E-state index is 0.381. The molecule has 1 fully saturated rings. The zero-order valence-corrected chi connectivity index (χ0v) is 14.9. The van der Waals surface area contributed by atoms with Gasteiger partial charge in [-0.2, -0.15) is 11.8 Å². The Morgan fingerprint density at radius 3 is 2.67 bits per heavy atom. The fourth-order valence-electron chi connectivity index (χ4n) is 2.20. The van der Waals surface area contributed by atoms with Gasteiger partial charge in [0, 0.05) is 29.9 Å². The first-order chi connectivity index (χ1) is 10.3. The predicted octanol–water partition coefficient (Wildman–Crippen LogP) is 4.47. The van der Waals surface area contributed by atoms with E-state index in [1.165, 1.54) is 11.5 Å². The summed E-state index contributed by atoms with van der Waals surface area (Å²) < 4.78 is 0.924. The smallest absolute Gasteiger partial charge is 0.145 e. The van der Waals surface area contributed by atoms with E-state index in [1.807, 2.05) is 48.8 Å². The van der Waals surface area contributed by atoms with Gasteiger partial charge in [0.25, 0.3) is 0 Å². The second-order valence-corrected chi connectivity index (χ2v) is 7.90. The maximum atomic E-state index is 4.84. The largest absolute Gasteiger partial charge is 0.372 e. The molecule has 0 amide bonds. The van der Waals surface area contributed by atoms with Crippen LogP contribution in [0.2, 0.25) is 0 Å². The normalized spacial score (nSPS) is 18.5. The van der Waals surface area contributed by atoms with Crippen LogP contribution in [0.5, 0.6) is 0 Å². The summed E-state index contributed by atoms with van der Waals surface area (Å²) in [5.74, 6) is 5.27. The molecule has 1 aliphatic heterocycles. The Labute approximate surface area is 141 Å². The van der Waals surface area contributed by atoms with Crippen molar-refractivity contribution in [3.05, 3.63) is 40.6 Å². The number of nitrogens with zero attached hydrogens (tertiary/aromatic N) is 2. The lowest BCUT2D eigenvalue weighted by molar-refractivity contribution is 0.924. The topological polar surface area (TPSA) is 37.8 Å². The van der Waals surface area contributed by atoms with Crippen molar-refractivity contribution in [1.82, 2.24) is 9.97 Å². The maximum absolute atomic E-state index is 4.84. The van der Waals surface area contributed by atoms with Crippen LogP contribution in [0.1, 0.15) is 11.1 Å². The van der Waals surface area contributed by atoms with E-state index >= 15 is 0 Å². The van der Waals surface area contributed by atoms with Crippen LogP contribution in [0.25, 0.3) is 11.3 Å². The lowest BCUT2D eigenvalue weighted by atomic mass is 10.1. The summed E-state index contributed by atoms with van der Waals surface area (Å²) in [6, 6.07) is 10.3. The van der Waals surface area contributed by atoms with Crippen LogP contribution < -0.4 is 5.32 Å². The molecule has 0 bridgehead atoms. The first-order valence-corrected chi connectivity index (χ1v) is 9.79. The van der Waals surface area contributed by atoms with E-state index in [4.69, 9.17) is 9.97 Å². The highest BCUT2D eigenvalue weighted by Gasteiger charge is 2.22. The lowest BCUT2D eigenvalue weighted by Crippen LogP contribution is -2.12. The second-order valence-electron chi connectivity index (χ2n) is 4.64. The summed E-state index contributed by atoms with van der Waals surface area (Å²) in [6.45, 7) is 0. The number of anilines is 1. The second kappa shape index (κ2) is 7.03. The van der Waals surface area contributed by atoms with E-state index in [9.17, 15) is 0 Å². The quantitative estimate of drug-likeness (QED) is 0.848. The number of hydrogen-bond donors (Lipinski definition) is 1. The predicted molar refractivity (Wildman–Crippen MR) is 97.2 cm³/mol. The van der Waals surface area contributed by atoms with Crippen LogP contribution in [0.3, 0.4) is 0 Å². The summed E-state index contributed by atoms with van der Waals surface area (Å²) >= 11 is 7.58. The van der Waals surface area contributed by atoms with Crippen molar-refractivity contribution in [2.45, 2.75) is 5.25 Å². The minimum Gasteiger partial charge on any atom is -0.372 e. The maximum Gasteiger partial charge on any atom is 0.145 e. The van der Waals surface area contributed by atoms with E-state index in [2.05, 4.69) is 33.4 Å². The highest BCUT2D eigenvalue weighted by atomic mass is 79.9. The molecular formula is C15H16BrN3S2. The number of thioether (sulfide) groups is 2. The van der Waals surface area contributed by atoms with E-state index in [0.717, 1.165) is 33.1 Å². The van der Waals surface area contributed by atoms with Crippen molar-refractivity contribution < 1.29 is 0 Å². The SMILES string of the molecule is CNc1nc(C2CSCCS2)nc(-c2ccccc2)c1Br. The third kappa shape index (κ3) is 3.38. The van der Waals surface area contributed by atoms with Crippen LogP contribution in [-0.4, -0.2) is 34.3 Å². The van der Waals surface area contributed by atoms with Gasteiger partial charge in [-0.15, -0.1) is 11.8 Å². The molecular weight excluding hydrogens is 366 g/mol. The van der Waals surface area contributed by atoms with Gasteiger partial charge in [-0.1, -0.05) is 30.3 Å².